The summed E-state index contributed by atoms with van der Waals surface area (Å²) in [4.78, 5) is 21.3. The van der Waals surface area contributed by atoms with Crippen LogP contribution in [0.1, 0.15) is 50.7 Å². The molecule has 0 atom stereocenters. The highest BCUT2D eigenvalue weighted by molar-refractivity contribution is 9.10. The molecule has 0 aromatic heterocycles. The van der Waals surface area contributed by atoms with E-state index in [0.717, 1.165) is 40.3 Å². The van der Waals surface area contributed by atoms with Crippen LogP contribution in [0.2, 0.25) is 0 Å². The largest absolute Gasteiger partial charge is 0.489 e. The number of carboxylic acid groups (broad SMARTS) is 1. The van der Waals surface area contributed by atoms with Crippen molar-refractivity contribution >= 4 is 33.9 Å². The highest BCUT2D eigenvalue weighted by Crippen LogP contribution is 2.16. The number of aliphatic carboxylic acids is 1. The summed E-state index contributed by atoms with van der Waals surface area (Å²) in [6.45, 7) is 8.34. The monoisotopic (exact) mass is 502 g/mol. The average Bonchev–Trinajstić information content (AvgIpc) is 2.78. The van der Waals surface area contributed by atoms with Gasteiger partial charge in [0.1, 0.15) is 12.4 Å². The Morgan fingerprint density at radius 3 is 2.25 bits per heavy atom. The lowest BCUT2D eigenvalue weighted by Crippen LogP contribution is -2.05. The molecule has 1 N–H and O–H groups in total. The van der Waals surface area contributed by atoms with Gasteiger partial charge in [-0.05, 0) is 54.8 Å². The van der Waals surface area contributed by atoms with Crippen LogP contribution in [-0.2, 0) is 20.9 Å². The number of carbonyl (C=O) groups is 2. The summed E-state index contributed by atoms with van der Waals surface area (Å²) in [5.74, 6) is -0.479. The molecule has 0 unspecified atom stereocenters. The van der Waals surface area contributed by atoms with Crippen LogP contribution in [-0.4, -0.2) is 23.7 Å². The maximum atomic E-state index is 10.9. The number of carbonyl (C=O) groups excluding carboxylic acids is 1. The van der Waals surface area contributed by atoms with E-state index in [0.29, 0.717) is 18.8 Å². The molecule has 2 aromatic carbocycles. The summed E-state index contributed by atoms with van der Waals surface area (Å²) in [6, 6.07) is 15.2. The molecule has 2 rings (SSSR count). The highest BCUT2D eigenvalue weighted by Gasteiger charge is 2.01. The third kappa shape index (κ3) is 12.7. The second kappa shape index (κ2) is 15.9. The number of carboxylic acids is 1. The molecule has 6 heteroatoms. The van der Waals surface area contributed by atoms with Gasteiger partial charge in [-0.3, -0.25) is 0 Å². The molecule has 0 radical (unpaired) electrons. The van der Waals surface area contributed by atoms with Crippen LogP contribution in [0.3, 0.4) is 0 Å². The van der Waals surface area contributed by atoms with Crippen molar-refractivity contribution in [3.63, 3.8) is 0 Å². The second-order valence-corrected chi connectivity index (χ2v) is 8.05. The summed E-state index contributed by atoms with van der Waals surface area (Å²) in [5, 5.41) is 8.54. The fourth-order valence-corrected chi connectivity index (χ4v) is 2.67. The van der Waals surface area contributed by atoms with Crippen molar-refractivity contribution in [3.8, 4) is 5.75 Å². The van der Waals surface area contributed by atoms with Gasteiger partial charge < -0.3 is 14.6 Å². The fourth-order valence-electron chi connectivity index (χ4n) is 2.41. The first-order valence-corrected chi connectivity index (χ1v) is 11.3. The number of unbranched alkanes of at least 4 members (excludes halogenated alkanes) is 3. The van der Waals surface area contributed by atoms with E-state index in [4.69, 9.17) is 14.6 Å². The maximum absolute atomic E-state index is 10.9. The lowest BCUT2D eigenvalue weighted by atomic mass is 10.2. The van der Waals surface area contributed by atoms with Gasteiger partial charge in [0.2, 0.25) is 0 Å². The third-order valence-electron chi connectivity index (χ3n) is 4.20. The molecule has 32 heavy (non-hydrogen) atoms. The van der Waals surface area contributed by atoms with Gasteiger partial charge in [-0.2, -0.15) is 0 Å². The van der Waals surface area contributed by atoms with Crippen molar-refractivity contribution in [3.05, 3.63) is 82.4 Å². The first kappa shape index (κ1) is 27.2. The molecular weight excluding hydrogens is 472 g/mol. The van der Waals surface area contributed by atoms with Gasteiger partial charge >= 0.3 is 11.9 Å². The van der Waals surface area contributed by atoms with Crippen LogP contribution in [0.15, 0.2) is 71.2 Å². The average molecular weight is 503 g/mol. The van der Waals surface area contributed by atoms with Crippen molar-refractivity contribution in [1.82, 2.24) is 0 Å². The number of hydrogen-bond acceptors (Lipinski definition) is 4. The van der Waals surface area contributed by atoms with E-state index in [-0.39, 0.29) is 5.97 Å². The number of ether oxygens (including phenoxy) is 2. The summed E-state index contributed by atoms with van der Waals surface area (Å²) in [7, 11) is 0. The van der Waals surface area contributed by atoms with E-state index in [9.17, 15) is 9.59 Å². The minimum Gasteiger partial charge on any atom is -0.489 e. The first-order chi connectivity index (χ1) is 15.3. The fraction of sp³-hybridized carbons (Fsp3) is 0.308. The first-order valence-electron chi connectivity index (χ1n) is 10.5. The Morgan fingerprint density at radius 1 is 1.03 bits per heavy atom. The van der Waals surface area contributed by atoms with E-state index in [1.807, 2.05) is 48.5 Å². The van der Waals surface area contributed by atoms with E-state index in [2.05, 4.69) is 29.4 Å². The van der Waals surface area contributed by atoms with E-state index < -0.39 is 5.97 Å². The van der Waals surface area contributed by atoms with Crippen molar-refractivity contribution in [1.29, 1.82) is 0 Å². The molecule has 0 aliphatic rings. The predicted octanol–water partition coefficient (Wildman–Crippen LogP) is 6.81. The Labute approximate surface area is 198 Å². The lowest BCUT2D eigenvalue weighted by molar-refractivity contribution is -0.139. The Kier molecular flexibility index (Phi) is 13.5. The molecule has 0 amide bonds. The summed E-state index contributed by atoms with van der Waals surface area (Å²) < 4.78 is 11.6. The molecule has 0 spiro atoms. The Bertz CT molecular complexity index is 870. The summed E-state index contributed by atoms with van der Waals surface area (Å²) in [6.07, 6.45) is 7.17. The van der Waals surface area contributed by atoms with Gasteiger partial charge in [0.25, 0.3) is 0 Å². The lowest BCUT2D eigenvalue weighted by Gasteiger charge is -2.06. The number of rotatable bonds is 11. The minimum absolute atomic E-state index is 0.272. The Balaban J connectivity index is 0.000000368. The van der Waals surface area contributed by atoms with Crippen molar-refractivity contribution in [2.45, 2.75) is 46.1 Å². The van der Waals surface area contributed by atoms with E-state index in [1.165, 1.54) is 12.8 Å². The number of halogens is 1. The highest BCUT2D eigenvalue weighted by atomic mass is 79.9. The molecule has 0 aliphatic carbocycles. The molecule has 0 saturated carbocycles. The molecular formula is C26H31BrO5. The second-order valence-electron chi connectivity index (χ2n) is 7.13. The molecule has 0 aliphatic heterocycles. The molecule has 0 heterocycles. The van der Waals surface area contributed by atoms with Crippen LogP contribution >= 0.6 is 15.9 Å². The number of hydrogen-bond donors (Lipinski definition) is 1. The Morgan fingerprint density at radius 2 is 1.69 bits per heavy atom. The normalized spacial score (nSPS) is 10.2. The number of benzene rings is 2. The van der Waals surface area contributed by atoms with Crippen LogP contribution in [0.25, 0.3) is 6.08 Å². The van der Waals surface area contributed by atoms with E-state index in [1.54, 1.807) is 13.0 Å². The molecule has 172 valence electrons. The number of esters is 1. The zero-order valence-corrected chi connectivity index (χ0v) is 20.3. The summed E-state index contributed by atoms with van der Waals surface area (Å²) >= 11 is 3.39. The maximum Gasteiger partial charge on any atom is 0.333 e. The molecule has 0 fully saturated rings. The molecule has 5 nitrogen and oxygen atoms in total. The van der Waals surface area contributed by atoms with Gasteiger partial charge in [-0.25, -0.2) is 9.59 Å². The zero-order chi connectivity index (χ0) is 23.8. The molecule has 2 aromatic rings. The zero-order valence-electron chi connectivity index (χ0n) is 18.7. The smallest absolute Gasteiger partial charge is 0.333 e. The van der Waals surface area contributed by atoms with Gasteiger partial charge in [0.05, 0.1) is 6.61 Å². The van der Waals surface area contributed by atoms with Crippen LogP contribution in [0.4, 0.5) is 0 Å². The van der Waals surface area contributed by atoms with Crippen LogP contribution < -0.4 is 4.74 Å². The topological polar surface area (TPSA) is 72.8 Å². The van der Waals surface area contributed by atoms with Gasteiger partial charge in [-0.1, -0.05) is 73.0 Å². The van der Waals surface area contributed by atoms with Crippen LogP contribution in [0.5, 0.6) is 5.75 Å². The SMILES string of the molecule is C=C(C)C(=O)OCCCCCC.O=C(O)C=Cc1ccc(OCc2ccc(Br)cc2)cc1. The van der Waals surface area contributed by atoms with Crippen LogP contribution in [0, 0.1) is 0 Å². The quantitative estimate of drug-likeness (QED) is 0.207. The van der Waals surface area contributed by atoms with Crippen molar-refractivity contribution in [2.75, 3.05) is 6.61 Å². The molecule has 0 saturated heterocycles. The summed E-state index contributed by atoms with van der Waals surface area (Å²) in [5.41, 5.74) is 2.39. The van der Waals surface area contributed by atoms with Gasteiger partial charge in [0.15, 0.2) is 0 Å². The van der Waals surface area contributed by atoms with Gasteiger partial charge in [0, 0.05) is 16.1 Å². The van der Waals surface area contributed by atoms with Crippen molar-refractivity contribution in [2.24, 2.45) is 0 Å². The van der Waals surface area contributed by atoms with Crippen molar-refractivity contribution < 1.29 is 24.2 Å². The van der Waals surface area contributed by atoms with Gasteiger partial charge in [-0.15, -0.1) is 0 Å². The Hall–Kier alpha value is -2.86. The molecule has 0 bridgehead atoms. The predicted molar refractivity (Wildman–Crippen MR) is 132 cm³/mol. The standard InChI is InChI=1S/C16H13BrO3.C10H18O2/c17-14-6-1-13(2-7-14)11-20-15-8-3-12(4-9-15)5-10-16(18)19;1-4-5-6-7-8-12-10(11)9(2)3/h1-10H,11H2,(H,18,19);2,4-8H2,1,3H3. The van der Waals surface area contributed by atoms with E-state index >= 15 is 0 Å². The minimum atomic E-state index is -0.958. The third-order valence-corrected chi connectivity index (χ3v) is 4.73.